The molecule has 0 radical (unpaired) electrons. The van der Waals surface area contributed by atoms with Gasteiger partial charge in [-0.3, -0.25) is 9.20 Å². The number of ketones is 1. The minimum Gasteiger partial charge on any atom is -0.432 e. The van der Waals surface area contributed by atoms with Crippen LogP contribution in [0.2, 0.25) is 0 Å². The van der Waals surface area contributed by atoms with Gasteiger partial charge in [0.1, 0.15) is 17.7 Å². The Morgan fingerprint density at radius 2 is 2.11 bits per heavy atom. The molecule has 94 valence electrons. The van der Waals surface area contributed by atoms with Gasteiger partial charge in [-0.05, 0) is 13.0 Å². The predicted octanol–water partition coefficient (Wildman–Crippen LogP) is 3.27. The molecule has 0 saturated heterocycles. The van der Waals surface area contributed by atoms with Crippen LogP contribution < -0.4 is 0 Å². The van der Waals surface area contributed by atoms with E-state index in [1.165, 1.54) is 12.3 Å². The average molecular weight is 252 g/mol. The lowest BCUT2D eigenvalue weighted by molar-refractivity contribution is 0.104. The first kappa shape index (κ1) is 11.5. The topological polar surface area (TPSA) is 47.5 Å². The van der Waals surface area contributed by atoms with Crippen molar-refractivity contribution in [3.05, 3.63) is 60.6 Å². The van der Waals surface area contributed by atoms with Crippen LogP contribution in [0.25, 0.3) is 17.1 Å². The van der Waals surface area contributed by atoms with Gasteiger partial charge in [-0.1, -0.05) is 36.4 Å². The van der Waals surface area contributed by atoms with Crippen molar-refractivity contribution in [2.75, 3.05) is 0 Å². The number of aromatic nitrogens is 2. The number of fused-ring (bicyclic) bond motifs is 1. The third kappa shape index (κ3) is 1.78. The predicted molar refractivity (Wildman–Crippen MR) is 72.2 cm³/mol. The fourth-order valence-corrected chi connectivity index (χ4v) is 2.03. The van der Waals surface area contributed by atoms with Crippen molar-refractivity contribution in [3.63, 3.8) is 0 Å². The molecule has 0 bridgehead atoms. The Kier molecular flexibility index (Phi) is 2.56. The number of benzene rings is 1. The lowest BCUT2D eigenvalue weighted by atomic mass is 10.1. The lowest BCUT2D eigenvalue weighted by Crippen LogP contribution is -2.00. The van der Waals surface area contributed by atoms with Crippen molar-refractivity contribution in [2.45, 2.75) is 6.92 Å². The van der Waals surface area contributed by atoms with Gasteiger partial charge >= 0.3 is 5.84 Å². The molecule has 4 heteroatoms. The third-order valence-electron chi connectivity index (χ3n) is 3.01. The van der Waals surface area contributed by atoms with Crippen molar-refractivity contribution in [1.29, 1.82) is 0 Å². The van der Waals surface area contributed by atoms with Gasteiger partial charge in [0.15, 0.2) is 0 Å². The summed E-state index contributed by atoms with van der Waals surface area (Å²) in [5.74, 6) is 0.227. The number of carbonyl (C=O) groups is 1. The van der Waals surface area contributed by atoms with Crippen LogP contribution in [0.3, 0.4) is 0 Å². The van der Waals surface area contributed by atoms with E-state index < -0.39 is 0 Å². The highest BCUT2D eigenvalue weighted by atomic mass is 16.3. The van der Waals surface area contributed by atoms with Crippen LogP contribution in [0.15, 0.2) is 53.8 Å². The number of oxazole rings is 1. The van der Waals surface area contributed by atoms with Crippen molar-refractivity contribution in [1.82, 2.24) is 9.38 Å². The average Bonchev–Trinajstić information content (AvgIpc) is 2.98. The highest BCUT2D eigenvalue weighted by Crippen LogP contribution is 2.25. The molecule has 0 saturated carbocycles. The van der Waals surface area contributed by atoms with Crippen LogP contribution in [0.5, 0.6) is 0 Å². The van der Waals surface area contributed by atoms with E-state index in [1.807, 2.05) is 31.2 Å². The summed E-state index contributed by atoms with van der Waals surface area (Å²) in [4.78, 5) is 16.4. The molecule has 0 spiro atoms. The van der Waals surface area contributed by atoms with Crippen LogP contribution in [0.4, 0.5) is 0 Å². The maximum absolute atomic E-state index is 12.0. The largest absolute Gasteiger partial charge is 0.432 e. The maximum Gasteiger partial charge on any atom is 0.306 e. The summed E-state index contributed by atoms with van der Waals surface area (Å²) in [6.07, 6.45) is 4.46. The Bertz CT molecular complexity index is 763. The molecule has 0 amide bonds. The van der Waals surface area contributed by atoms with Gasteiger partial charge in [0.25, 0.3) is 0 Å². The zero-order chi connectivity index (χ0) is 13.4. The second-order valence-electron chi connectivity index (χ2n) is 4.30. The third-order valence-corrected chi connectivity index (χ3v) is 3.01. The molecule has 19 heavy (non-hydrogen) atoms. The second kappa shape index (κ2) is 4.24. The van der Waals surface area contributed by atoms with E-state index in [4.69, 9.17) is 4.42 Å². The van der Waals surface area contributed by atoms with Crippen molar-refractivity contribution in [3.8, 4) is 11.3 Å². The van der Waals surface area contributed by atoms with Gasteiger partial charge in [0.2, 0.25) is 5.78 Å². The van der Waals surface area contributed by atoms with Gasteiger partial charge in [-0.15, -0.1) is 0 Å². The molecule has 0 N–H and O–H groups in total. The van der Waals surface area contributed by atoms with E-state index in [-0.39, 0.29) is 5.78 Å². The first-order valence-corrected chi connectivity index (χ1v) is 5.90. The molecular formula is C15H12N2O2. The second-order valence-corrected chi connectivity index (χ2v) is 4.30. The van der Waals surface area contributed by atoms with Gasteiger partial charge in [-0.25, -0.2) is 0 Å². The van der Waals surface area contributed by atoms with Crippen LogP contribution >= 0.6 is 0 Å². The Labute approximate surface area is 110 Å². The summed E-state index contributed by atoms with van der Waals surface area (Å²) in [6, 6.07) is 7.85. The SMILES string of the molecule is C=CC(=O)c1c(-c2ccc(C)cc2)nc2occn12. The summed E-state index contributed by atoms with van der Waals surface area (Å²) in [6.45, 7) is 5.55. The van der Waals surface area contributed by atoms with E-state index in [1.54, 1.807) is 10.6 Å². The number of hydrogen-bond donors (Lipinski definition) is 0. The fraction of sp³-hybridized carbons (Fsp3) is 0.0667. The Morgan fingerprint density at radius 3 is 2.79 bits per heavy atom. The lowest BCUT2D eigenvalue weighted by Gasteiger charge is -2.01. The van der Waals surface area contributed by atoms with Crippen LogP contribution in [0.1, 0.15) is 16.1 Å². The van der Waals surface area contributed by atoms with E-state index in [0.29, 0.717) is 17.2 Å². The number of hydrogen-bond acceptors (Lipinski definition) is 3. The molecule has 0 aliphatic heterocycles. The molecule has 0 aliphatic rings. The molecule has 0 aliphatic carbocycles. The molecule has 2 aromatic heterocycles. The molecule has 4 nitrogen and oxygen atoms in total. The molecule has 3 aromatic rings. The number of imidazole rings is 1. The molecule has 3 rings (SSSR count). The quantitative estimate of drug-likeness (QED) is 0.531. The smallest absolute Gasteiger partial charge is 0.306 e. The Balaban J connectivity index is 2.27. The van der Waals surface area contributed by atoms with E-state index in [0.717, 1.165) is 11.1 Å². The first-order valence-electron chi connectivity index (χ1n) is 5.90. The summed E-state index contributed by atoms with van der Waals surface area (Å²) in [5.41, 5.74) is 3.13. The number of carbonyl (C=O) groups excluding carboxylic acids is 1. The van der Waals surface area contributed by atoms with Crippen LogP contribution in [-0.2, 0) is 0 Å². The molecule has 0 atom stereocenters. The van der Waals surface area contributed by atoms with E-state index >= 15 is 0 Å². The highest BCUT2D eigenvalue weighted by Gasteiger charge is 2.19. The number of nitrogens with zero attached hydrogens (tertiary/aromatic N) is 2. The molecule has 2 heterocycles. The van der Waals surface area contributed by atoms with E-state index in [9.17, 15) is 4.79 Å². The number of aryl methyl sites for hydroxylation is 1. The van der Waals surface area contributed by atoms with Crippen LogP contribution in [-0.4, -0.2) is 15.2 Å². The first-order chi connectivity index (χ1) is 9.20. The minimum atomic E-state index is -0.176. The normalized spacial score (nSPS) is 10.8. The summed E-state index contributed by atoms with van der Waals surface area (Å²) < 4.78 is 6.88. The number of rotatable bonds is 3. The maximum atomic E-state index is 12.0. The summed E-state index contributed by atoms with van der Waals surface area (Å²) >= 11 is 0. The summed E-state index contributed by atoms with van der Waals surface area (Å²) in [7, 11) is 0. The monoisotopic (exact) mass is 252 g/mol. The van der Waals surface area contributed by atoms with Crippen molar-refractivity contribution < 1.29 is 9.21 Å². The van der Waals surface area contributed by atoms with Gasteiger partial charge in [0, 0.05) is 11.8 Å². The molecule has 1 aromatic carbocycles. The van der Waals surface area contributed by atoms with Gasteiger partial charge in [-0.2, -0.15) is 4.98 Å². The number of allylic oxidation sites excluding steroid dienone is 1. The van der Waals surface area contributed by atoms with Gasteiger partial charge in [0.05, 0.1) is 0 Å². The standard InChI is InChI=1S/C15H12N2O2/c1-3-12(18)14-13(11-6-4-10(2)5-7-11)16-15-17(14)8-9-19-15/h3-9H,1H2,2H3. The molecular weight excluding hydrogens is 240 g/mol. The van der Waals surface area contributed by atoms with Crippen molar-refractivity contribution >= 4 is 11.6 Å². The summed E-state index contributed by atoms with van der Waals surface area (Å²) in [5, 5.41) is 0. The fourth-order valence-electron chi connectivity index (χ4n) is 2.03. The molecule has 0 unspecified atom stereocenters. The van der Waals surface area contributed by atoms with Crippen LogP contribution in [0, 0.1) is 6.92 Å². The zero-order valence-corrected chi connectivity index (χ0v) is 10.5. The minimum absolute atomic E-state index is 0.176. The van der Waals surface area contributed by atoms with Gasteiger partial charge < -0.3 is 4.42 Å². The highest BCUT2D eigenvalue weighted by molar-refractivity contribution is 6.07. The zero-order valence-electron chi connectivity index (χ0n) is 10.5. The van der Waals surface area contributed by atoms with Crippen molar-refractivity contribution in [2.24, 2.45) is 0 Å². The molecule has 0 fully saturated rings. The van der Waals surface area contributed by atoms with E-state index in [2.05, 4.69) is 11.6 Å². The Morgan fingerprint density at radius 1 is 1.37 bits per heavy atom. The Hall–Kier alpha value is -2.62.